The van der Waals surface area contributed by atoms with Crippen LogP contribution in [0.5, 0.6) is 0 Å². The van der Waals surface area contributed by atoms with Crippen molar-refractivity contribution in [2.45, 2.75) is 12.8 Å². The Morgan fingerprint density at radius 3 is 2.48 bits per heavy atom. The van der Waals surface area contributed by atoms with Crippen LogP contribution in [0.2, 0.25) is 10.0 Å². The number of nitriles is 1. The number of halogens is 2. The number of hydrogen-bond acceptors (Lipinski definition) is 4. The van der Waals surface area contributed by atoms with Gasteiger partial charge in [-0.3, -0.25) is 4.79 Å². The number of nitrogens with two attached hydrogens (primary N) is 1. The van der Waals surface area contributed by atoms with Gasteiger partial charge in [0.25, 0.3) is 0 Å². The van der Waals surface area contributed by atoms with Crippen molar-refractivity contribution in [1.29, 1.82) is 5.26 Å². The molecule has 0 saturated carbocycles. The van der Waals surface area contributed by atoms with Crippen molar-refractivity contribution in [3.63, 3.8) is 0 Å². The van der Waals surface area contributed by atoms with Gasteiger partial charge in [-0.05, 0) is 29.3 Å². The van der Waals surface area contributed by atoms with Crippen molar-refractivity contribution < 1.29 is 9.53 Å². The van der Waals surface area contributed by atoms with Crippen LogP contribution in [0.3, 0.4) is 0 Å². The molecule has 0 spiro atoms. The molecular formula is C24H19Cl2N3O2. The van der Waals surface area contributed by atoms with Crippen LogP contribution in [0.1, 0.15) is 24.0 Å². The van der Waals surface area contributed by atoms with Crippen LogP contribution in [0, 0.1) is 11.3 Å². The summed E-state index contributed by atoms with van der Waals surface area (Å²) in [4.78, 5) is 14.0. The van der Waals surface area contributed by atoms with E-state index in [9.17, 15) is 10.1 Å². The first-order valence-electron chi connectivity index (χ1n) is 9.66. The molecule has 2 N–H and O–H groups in total. The molecule has 0 bridgehead atoms. The molecule has 0 fully saturated rings. The summed E-state index contributed by atoms with van der Waals surface area (Å²) >= 11 is 12.9. The lowest BCUT2D eigenvalue weighted by Crippen LogP contribution is -2.40. The van der Waals surface area contributed by atoms with E-state index in [0.717, 1.165) is 22.3 Å². The molecule has 31 heavy (non-hydrogen) atoms. The Labute approximate surface area is 190 Å². The van der Waals surface area contributed by atoms with Crippen LogP contribution in [-0.2, 0) is 9.53 Å². The van der Waals surface area contributed by atoms with Gasteiger partial charge in [0.15, 0.2) is 0 Å². The van der Waals surface area contributed by atoms with Crippen LogP contribution < -0.4 is 5.73 Å². The van der Waals surface area contributed by atoms with Crippen LogP contribution in [-0.4, -0.2) is 23.9 Å². The maximum absolute atomic E-state index is 12.3. The smallest absolute Gasteiger partial charge is 0.220 e. The minimum Gasteiger partial charge on any atom is -0.440 e. The van der Waals surface area contributed by atoms with E-state index in [0.29, 0.717) is 28.9 Å². The van der Waals surface area contributed by atoms with Crippen molar-refractivity contribution >= 4 is 35.2 Å². The Balaban J connectivity index is 1.94. The van der Waals surface area contributed by atoms with Gasteiger partial charge in [0.1, 0.15) is 17.4 Å². The molecule has 7 heteroatoms. The zero-order chi connectivity index (χ0) is 22.1. The van der Waals surface area contributed by atoms with E-state index in [1.54, 1.807) is 17.0 Å². The fourth-order valence-corrected chi connectivity index (χ4v) is 4.37. The third kappa shape index (κ3) is 3.93. The summed E-state index contributed by atoms with van der Waals surface area (Å²) in [7, 11) is 0. The van der Waals surface area contributed by atoms with Gasteiger partial charge < -0.3 is 15.4 Å². The Kier molecular flexibility index (Phi) is 5.77. The summed E-state index contributed by atoms with van der Waals surface area (Å²) in [6.45, 7) is 2.16. The molecule has 2 heterocycles. The van der Waals surface area contributed by atoms with Gasteiger partial charge in [-0.15, -0.1) is 0 Å². The van der Waals surface area contributed by atoms with Gasteiger partial charge in [-0.2, -0.15) is 5.26 Å². The van der Waals surface area contributed by atoms with E-state index in [-0.39, 0.29) is 17.4 Å². The van der Waals surface area contributed by atoms with Crippen molar-refractivity contribution in [3.05, 3.63) is 98.1 Å². The Hall–Kier alpha value is -3.20. The van der Waals surface area contributed by atoms with E-state index >= 15 is 0 Å². The second-order valence-corrected chi connectivity index (χ2v) is 8.18. The van der Waals surface area contributed by atoms with Gasteiger partial charge in [-0.1, -0.05) is 59.6 Å². The van der Waals surface area contributed by atoms with Crippen molar-refractivity contribution in [2.24, 2.45) is 5.73 Å². The number of amides is 1. The summed E-state index contributed by atoms with van der Waals surface area (Å²) in [5, 5.41) is 10.9. The highest BCUT2D eigenvalue weighted by atomic mass is 35.5. The average molecular weight is 452 g/mol. The number of ether oxygens (including phenoxy) is 1. The van der Waals surface area contributed by atoms with Gasteiger partial charge in [-0.25, -0.2) is 0 Å². The quantitative estimate of drug-likeness (QED) is 0.696. The van der Waals surface area contributed by atoms with E-state index in [1.807, 2.05) is 42.5 Å². The number of carbonyl (C=O) groups is 1. The summed E-state index contributed by atoms with van der Waals surface area (Å²) in [5.74, 6) is -0.0128. The van der Waals surface area contributed by atoms with Gasteiger partial charge >= 0.3 is 0 Å². The Bertz CT molecular complexity index is 1210. The maximum Gasteiger partial charge on any atom is 0.220 e. The summed E-state index contributed by atoms with van der Waals surface area (Å²) in [6, 6.07) is 16.9. The Morgan fingerprint density at radius 1 is 1.16 bits per heavy atom. The number of allylic oxidation sites excluding steroid dienone is 1. The average Bonchev–Trinajstić information content (AvgIpc) is 2.75. The molecule has 1 unspecified atom stereocenters. The van der Waals surface area contributed by atoms with Crippen molar-refractivity contribution in [1.82, 2.24) is 4.90 Å². The molecule has 1 amide bonds. The second kappa shape index (κ2) is 8.50. The number of nitrogens with zero attached hydrogens (tertiary/aromatic N) is 2. The molecule has 0 radical (unpaired) electrons. The van der Waals surface area contributed by atoms with Gasteiger partial charge in [0.05, 0.1) is 5.92 Å². The highest BCUT2D eigenvalue weighted by Crippen LogP contribution is 2.45. The highest BCUT2D eigenvalue weighted by Gasteiger charge is 2.39. The lowest BCUT2D eigenvalue weighted by atomic mass is 9.80. The molecule has 5 nitrogen and oxygen atoms in total. The Morgan fingerprint density at radius 2 is 1.84 bits per heavy atom. The van der Waals surface area contributed by atoms with E-state index in [4.69, 9.17) is 33.7 Å². The van der Waals surface area contributed by atoms with Crippen LogP contribution >= 0.6 is 23.2 Å². The molecule has 1 atom stereocenters. The lowest BCUT2D eigenvalue weighted by Gasteiger charge is -2.38. The lowest BCUT2D eigenvalue weighted by molar-refractivity contribution is -0.128. The molecule has 0 saturated heterocycles. The molecule has 2 aromatic rings. The topological polar surface area (TPSA) is 79.3 Å². The van der Waals surface area contributed by atoms with Crippen LogP contribution in [0.25, 0.3) is 6.08 Å². The summed E-state index contributed by atoms with van der Waals surface area (Å²) in [6.07, 6.45) is 1.89. The minimum absolute atomic E-state index is 0.0347. The van der Waals surface area contributed by atoms with Gasteiger partial charge in [0, 0.05) is 41.2 Å². The fraction of sp³-hybridized carbons (Fsp3) is 0.167. The zero-order valence-electron chi connectivity index (χ0n) is 16.7. The maximum atomic E-state index is 12.3. The molecule has 2 aliphatic rings. The first-order valence-corrected chi connectivity index (χ1v) is 10.4. The first kappa shape index (κ1) is 21.0. The SMILES string of the molecule is CC(=O)N1CC2=C(OC(N)=C(C#N)C2c2ccccc2Cl)/C(=C/c2ccccc2Cl)C1. The number of rotatable bonds is 2. The van der Waals surface area contributed by atoms with Gasteiger partial charge in [0.2, 0.25) is 11.8 Å². The molecule has 156 valence electrons. The molecular weight excluding hydrogens is 433 g/mol. The predicted molar refractivity (Wildman–Crippen MR) is 121 cm³/mol. The molecule has 2 aliphatic heterocycles. The van der Waals surface area contributed by atoms with E-state index in [1.165, 1.54) is 6.92 Å². The number of carbonyl (C=O) groups excluding carboxylic acids is 1. The zero-order valence-corrected chi connectivity index (χ0v) is 18.2. The molecule has 2 aromatic carbocycles. The summed E-state index contributed by atoms with van der Waals surface area (Å²) in [5.41, 5.74) is 9.50. The summed E-state index contributed by atoms with van der Waals surface area (Å²) < 4.78 is 5.96. The largest absolute Gasteiger partial charge is 0.440 e. The highest BCUT2D eigenvalue weighted by molar-refractivity contribution is 6.32. The third-order valence-corrected chi connectivity index (χ3v) is 6.13. The molecule has 0 aliphatic carbocycles. The van der Waals surface area contributed by atoms with E-state index < -0.39 is 5.92 Å². The normalized spacial score (nSPS) is 19.7. The predicted octanol–water partition coefficient (Wildman–Crippen LogP) is 5.00. The second-order valence-electron chi connectivity index (χ2n) is 7.37. The number of hydrogen-bond donors (Lipinski definition) is 1. The van der Waals surface area contributed by atoms with Crippen molar-refractivity contribution in [2.75, 3.05) is 13.1 Å². The standard InChI is InChI=1S/C24H19Cl2N3O2/c1-14(30)29-12-16(10-15-6-2-4-8-20(15)25)23-19(13-29)22(18(11-27)24(28)31-23)17-7-3-5-9-21(17)26/h2-10,22H,12-13,28H2,1H3/b16-10+. The molecule has 4 rings (SSSR count). The van der Waals surface area contributed by atoms with Crippen molar-refractivity contribution in [3.8, 4) is 6.07 Å². The fourth-order valence-electron chi connectivity index (χ4n) is 3.94. The number of benzene rings is 2. The van der Waals surface area contributed by atoms with E-state index in [2.05, 4.69) is 6.07 Å². The van der Waals surface area contributed by atoms with Crippen LogP contribution in [0.15, 0.2) is 76.9 Å². The first-order chi connectivity index (χ1) is 14.9. The molecule has 0 aromatic heterocycles. The van der Waals surface area contributed by atoms with Crippen LogP contribution in [0.4, 0.5) is 0 Å². The third-order valence-electron chi connectivity index (χ3n) is 5.44. The minimum atomic E-state index is -0.515. The monoisotopic (exact) mass is 451 g/mol.